The van der Waals surface area contributed by atoms with Crippen LogP contribution in [0.2, 0.25) is 30.1 Å². The zero-order valence-electron chi connectivity index (χ0n) is 20.6. The minimum Gasteiger partial charge on any atom is -0.227 e. The Morgan fingerprint density at radius 1 is 0.561 bits per heavy atom. The first kappa shape index (κ1) is 31.8. The molecule has 0 heterocycles. The van der Waals surface area contributed by atoms with E-state index >= 15 is 0 Å². The fourth-order valence-corrected chi connectivity index (χ4v) is 7.55. The van der Waals surface area contributed by atoms with E-state index in [2.05, 4.69) is 0 Å². The van der Waals surface area contributed by atoms with Crippen molar-refractivity contribution in [3.05, 3.63) is 149 Å². The van der Waals surface area contributed by atoms with Gasteiger partial charge in [0.05, 0.1) is 20.1 Å². The van der Waals surface area contributed by atoms with E-state index in [-0.39, 0.29) is 41.3 Å². The molecule has 4 rings (SSSR count). The van der Waals surface area contributed by atoms with Crippen LogP contribution in [0, 0.1) is 11.6 Å². The Morgan fingerprint density at radius 3 is 1.32 bits per heavy atom. The summed E-state index contributed by atoms with van der Waals surface area (Å²) in [6, 6.07) is 16.6. The summed E-state index contributed by atoms with van der Waals surface area (Å²) in [5.41, 5.74) is 1.07. The molecule has 2 atom stereocenters. The second-order valence-electron chi connectivity index (χ2n) is 8.77. The van der Waals surface area contributed by atoms with Crippen molar-refractivity contribution >= 4 is 91.6 Å². The molecule has 11 heteroatoms. The van der Waals surface area contributed by atoms with Crippen LogP contribution in [-0.4, -0.2) is 8.42 Å². The van der Waals surface area contributed by atoms with E-state index in [1.165, 1.54) is 36.4 Å². The third-order valence-corrected chi connectivity index (χ3v) is 10.7. The lowest BCUT2D eigenvalue weighted by Crippen LogP contribution is -2.19. The van der Waals surface area contributed by atoms with Crippen molar-refractivity contribution in [1.29, 1.82) is 0 Å². The summed E-state index contributed by atoms with van der Waals surface area (Å²) in [6.07, 6.45) is 5.71. The van der Waals surface area contributed by atoms with Gasteiger partial charge in [0.25, 0.3) is 0 Å². The summed E-state index contributed by atoms with van der Waals surface area (Å²) in [6.45, 7) is 0. The van der Waals surface area contributed by atoms with Gasteiger partial charge in [-0.3, -0.25) is 0 Å². The van der Waals surface area contributed by atoms with Gasteiger partial charge in [0, 0.05) is 10.0 Å². The van der Waals surface area contributed by atoms with E-state index in [1.54, 1.807) is 36.4 Å². The molecule has 0 aliphatic carbocycles. The van der Waals surface area contributed by atoms with Crippen molar-refractivity contribution in [2.45, 2.75) is 10.5 Å². The summed E-state index contributed by atoms with van der Waals surface area (Å²) in [5.74, 6) is -1.30. The van der Waals surface area contributed by atoms with Crippen molar-refractivity contribution in [3.63, 3.8) is 0 Å². The standard InChI is InChI=1S/C30H18Cl6F2O2S/c31-23-5-1-3-17(29(23)35)7-13-27(21-11-9-19(37)15-25(21)33)41(39,40)28(22-12-10-20(38)16-26(22)34)14-8-18-4-2-6-24(32)30(18)36/h1-16,27-28H/b13-7-,14-8-. The average molecular weight is 693 g/mol. The van der Waals surface area contributed by atoms with Crippen LogP contribution in [-0.2, 0) is 9.84 Å². The van der Waals surface area contributed by atoms with Crippen LogP contribution >= 0.6 is 69.6 Å². The lowest BCUT2D eigenvalue weighted by Gasteiger charge is -2.23. The Morgan fingerprint density at radius 2 is 0.951 bits per heavy atom. The van der Waals surface area contributed by atoms with E-state index in [9.17, 15) is 17.2 Å². The first-order chi connectivity index (χ1) is 19.4. The molecule has 0 fully saturated rings. The van der Waals surface area contributed by atoms with Gasteiger partial charge in [0.15, 0.2) is 9.84 Å². The quantitative estimate of drug-likeness (QED) is 0.184. The number of sulfone groups is 1. The van der Waals surface area contributed by atoms with Gasteiger partial charge in [-0.2, -0.15) is 0 Å². The summed E-state index contributed by atoms with van der Waals surface area (Å²) >= 11 is 37.7. The normalized spacial score (nSPS) is 13.7. The van der Waals surface area contributed by atoms with E-state index in [0.29, 0.717) is 11.1 Å². The molecule has 0 spiro atoms. The number of hydrogen-bond acceptors (Lipinski definition) is 2. The van der Waals surface area contributed by atoms with Gasteiger partial charge < -0.3 is 0 Å². The van der Waals surface area contributed by atoms with Crippen LogP contribution in [0.4, 0.5) is 8.78 Å². The molecule has 0 N–H and O–H groups in total. The zero-order chi connectivity index (χ0) is 29.9. The third-order valence-electron chi connectivity index (χ3n) is 6.11. The Hall–Kier alpha value is -2.09. The van der Waals surface area contributed by atoms with E-state index in [0.717, 1.165) is 24.3 Å². The number of rotatable bonds is 8. The van der Waals surface area contributed by atoms with Crippen LogP contribution in [0.15, 0.2) is 84.9 Å². The molecule has 0 aromatic heterocycles. The molecule has 0 saturated heterocycles. The summed E-state index contributed by atoms with van der Waals surface area (Å²) < 4.78 is 57.0. The largest absolute Gasteiger partial charge is 0.227 e. The molecule has 212 valence electrons. The highest BCUT2D eigenvalue weighted by atomic mass is 35.5. The maximum Gasteiger partial charge on any atom is 0.171 e. The van der Waals surface area contributed by atoms with Gasteiger partial charge in [-0.15, -0.1) is 0 Å². The predicted molar refractivity (Wildman–Crippen MR) is 168 cm³/mol. The molecule has 0 saturated carbocycles. The highest BCUT2D eigenvalue weighted by Gasteiger charge is 2.36. The number of hydrogen-bond donors (Lipinski definition) is 0. The molecule has 2 unspecified atom stereocenters. The second kappa shape index (κ2) is 13.5. The predicted octanol–water partition coefficient (Wildman–Crippen LogP) is 11.5. The minimum atomic E-state index is -4.37. The first-order valence-electron chi connectivity index (χ1n) is 11.8. The monoisotopic (exact) mass is 690 g/mol. The van der Waals surface area contributed by atoms with Gasteiger partial charge in [-0.1, -0.05) is 130 Å². The molecule has 0 radical (unpaired) electrons. The molecule has 0 amide bonds. The minimum absolute atomic E-state index is 0.0971. The van der Waals surface area contributed by atoms with Crippen molar-refractivity contribution in [2.24, 2.45) is 0 Å². The highest BCUT2D eigenvalue weighted by Crippen LogP contribution is 2.42. The first-order valence-corrected chi connectivity index (χ1v) is 15.6. The Bertz CT molecular complexity index is 1650. The van der Waals surface area contributed by atoms with E-state index < -0.39 is 32.0 Å². The smallest absolute Gasteiger partial charge is 0.171 e. The topological polar surface area (TPSA) is 34.1 Å². The molecular formula is C30H18Cl6F2O2S. The van der Waals surface area contributed by atoms with Crippen molar-refractivity contribution in [2.75, 3.05) is 0 Å². The molecule has 0 aliphatic heterocycles. The van der Waals surface area contributed by atoms with Gasteiger partial charge >= 0.3 is 0 Å². The Labute approximate surface area is 266 Å². The molecule has 4 aromatic carbocycles. The van der Waals surface area contributed by atoms with Crippen LogP contribution in [0.25, 0.3) is 12.2 Å². The molecule has 0 bridgehead atoms. The SMILES string of the molecule is O=S(=O)(C(/C=C\c1cccc(Cl)c1Cl)c1ccc(F)cc1Cl)C(/C=C\c1cccc(Cl)c1Cl)c1ccc(F)cc1Cl. The summed E-state index contributed by atoms with van der Waals surface area (Å²) in [7, 11) is -4.37. The summed E-state index contributed by atoms with van der Waals surface area (Å²) in [5, 5.41) is -2.15. The highest BCUT2D eigenvalue weighted by molar-refractivity contribution is 7.92. The van der Waals surface area contributed by atoms with Gasteiger partial charge in [0.1, 0.15) is 22.1 Å². The third kappa shape index (κ3) is 7.29. The maximum atomic E-state index is 14.5. The van der Waals surface area contributed by atoms with Crippen molar-refractivity contribution in [1.82, 2.24) is 0 Å². The second-order valence-corrected chi connectivity index (χ2v) is 13.3. The van der Waals surface area contributed by atoms with Crippen LogP contribution in [0.5, 0.6) is 0 Å². The van der Waals surface area contributed by atoms with Crippen LogP contribution in [0.1, 0.15) is 32.8 Å². The van der Waals surface area contributed by atoms with Crippen molar-refractivity contribution < 1.29 is 17.2 Å². The number of benzene rings is 4. The van der Waals surface area contributed by atoms with Crippen LogP contribution < -0.4 is 0 Å². The Kier molecular flexibility index (Phi) is 10.5. The lowest BCUT2D eigenvalue weighted by atomic mass is 10.1. The molecule has 0 aliphatic rings. The van der Waals surface area contributed by atoms with Crippen molar-refractivity contribution in [3.8, 4) is 0 Å². The lowest BCUT2D eigenvalue weighted by molar-refractivity contribution is 0.583. The van der Waals surface area contributed by atoms with Crippen LogP contribution in [0.3, 0.4) is 0 Å². The zero-order valence-corrected chi connectivity index (χ0v) is 26.0. The maximum absolute atomic E-state index is 14.5. The fraction of sp³-hybridized carbons (Fsp3) is 0.0667. The van der Waals surface area contributed by atoms with Gasteiger partial charge in [-0.05, 0) is 58.7 Å². The molecule has 4 aromatic rings. The van der Waals surface area contributed by atoms with E-state index in [4.69, 9.17) is 69.6 Å². The molecule has 2 nitrogen and oxygen atoms in total. The average Bonchev–Trinajstić information content (AvgIpc) is 2.91. The molecular weight excluding hydrogens is 675 g/mol. The summed E-state index contributed by atoms with van der Waals surface area (Å²) in [4.78, 5) is 0. The fourth-order valence-electron chi connectivity index (χ4n) is 4.08. The van der Waals surface area contributed by atoms with Gasteiger partial charge in [0.2, 0.25) is 0 Å². The molecule has 41 heavy (non-hydrogen) atoms. The Balaban J connectivity index is 1.94. The van der Waals surface area contributed by atoms with E-state index in [1.807, 2.05) is 0 Å². The van der Waals surface area contributed by atoms with Gasteiger partial charge in [-0.25, -0.2) is 17.2 Å². The number of halogens is 8.